The van der Waals surface area contributed by atoms with E-state index in [0.717, 1.165) is 33.7 Å². The van der Waals surface area contributed by atoms with Crippen molar-refractivity contribution in [1.82, 2.24) is 15.1 Å². The largest absolute Gasteiger partial charge is 0.491 e. The number of fused-ring (bicyclic) bond motifs is 1. The molecule has 17 nitrogen and oxygen atoms in total. The number of carbonyl (C=O) groups excluding carboxylic acids is 5. The van der Waals surface area contributed by atoms with Crippen LogP contribution in [0, 0.1) is 16.7 Å². The summed E-state index contributed by atoms with van der Waals surface area (Å²) >= 11 is 0. The van der Waals surface area contributed by atoms with Crippen LogP contribution < -0.4 is 20.1 Å². The molecule has 3 heterocycles. The van der Waals surface area contributed by atoms with Crippen molar-refractivity contribution in [2.24, 2.45) is 5.41 Å². The van der Waals surface area contributed by atoms with Gasteiger partial charge in [-0.25, -0.2) is 0 Å². The third-order valence-corrected chi connectivity index (χ3v) is 12.0. The first-order chi connectivity index (χ1) is 34.6. The van der Waals surface area contributed by atoms with Crippen LogP contribution in [0.2, 0.25) is 0 Å². The molecule has 4 aromatic rings. The van der Waals surface area contributed by atoms with Crippen molar-refractivity contribution in [2.45, 2.75) is 51.6 Å². The van der Waals surface area contributed by atoms with Crippen LogP contribution in [0.1, 0.15) is 64.1 Å². The summed E-state index contributed by atoms with van der Waals surface area (Å²) in [6.45, 7) is 8.79. The van der Waals surface area contributed by atoms with Crippen LogP contribution in [0.15, 0.2) is 84.9 Å². The van der Waals surface area contributed by atoms with Crippen molar-refractivity contribution in [1.29, 1.82) is 5.26 Å². The lowest BCUT2D eigenvalue weighted by molar-refractivity contribution is -0.138. The van der Waals surface area contributed by atoms with Gasteiger partial charge in [-0.15, -0.1) is 0 Å². The molecule has 2 unspecified atom stereocenters. The number of nitrogens with one attached hydrogen (secondary N) is 2. The fraction of sp³-hybridized carbons (Fsp3) is 0.423. The minimum absolute atomic E-state index is 0.0496. The summed E-state index contributed by atoms with van der Waals surface area (Å²) in [6, 6.07) is 23.9. The molecular formula is C52H56F3N5O12. The number of imide groups is 2. The number of nitriles is 1. The number of piperidine rings is 1. The Balaban J connectivity index is 0.681. The van der Waals surface area contributed by atoms with Crippen LogP contribution in [-0.4, -0.2) is 137 Å². The van der Waals surface area contributed by atoms with Gasteiger partial charge in [0.25, 0.3) is 17.7 Å². The van der Waals surface area contributed by atoms with Crippen molar-refractivity contribution in [3.63, 3.8) is 0 Å². The first-order valence-electron chi connectivity index (χ1n) is 23.5. The van der Waals surface area contributed by atoms with Gasteiger partial charge >= 0.3 is 6.18 Å². The van der Waals surface area contributed by atoms with Crippen molar-refractivity contribution in [3.8, 4) is 28.7 Å². The summed E-state index contributed by atoms with van der Waals surface area (Å²) < 4.78 is 80.1. The Morgan fingerprint density at radius 3 is 1.92 bits per heavy atom. The fourth-order valence-electron chi connectivity index (χ4n) is 8.45. The molecule has 0 spiro atoms. The van der Waals surface area contributed by atoms with Crippen LogP contribution in [0.4, 0.5) is 18.9 Å². The number of ether oxygens (including phenoxy) is 7. The monoisotopic (exact) mass is 999 g/mol. The van der Waals surface area contributed by atoms with Crippen LogP contribution >= 0.6 is 0 Å². The highest BCUT2D eigenvalue weighted by Crippen LogP contribution is 2.39. The molecule has 0 aromatic heterocycles. The van der Waals surface area contributed by atoms with Crippen molar-refractivity contribution in [3.05, 3.63) is 113 Å². The molecule has 2 saturated heterocycles. The second-order valence-corrected chi connectivity index (χ2v) is 17.7. The number of nitrogens with zero attached hydrogens (tertiary/aromatic N) is 3. The molecule has 2 fully saturated rings. The Hall–Kier alpha value is -6.89. The lowest BCUT2D eigenvalue weighted by atomic mass is 9.89. The normalized spacial score (nSPS) is 17.5. The fourth-order valence-corrected chi connectivity index (χ4v) is 8.45. The number of alkyl halides is 3. The first kappa shape index (κ1) is 52.9. The zero-order chi connectivity index (χ0) is 51.3. The van der Waals surface area contributed by atoms with Crippen molar-refractivity contribution in [2.75, 3.05) is 91.1 Å². The van der Waals surface area contributed by atoms with E-state index in [4.69, 9.17) is 38.4 Å². The number of benzene rings is 4. The Labute approximate surface area is 414 Å². The number of halogens is 3. The van der Waals surface area contributed by atoms with Crippen molar-refractivity contribution < 1.29 is 70.3 Å². The molecule has 382 valence electrons. The summed E-state index contributed by atoms with van der Waals surface area (Å²) in [5.41, 5.74) is 1.36. The number of hydrogen-bond acceptors (Lipinski definition) is 14. The Kier molecular flexibility index (Phi) is 18.0. The molecular weight excluding hydrogens is 944 g/mol. The SMILES string of the molecule is CC1(C)CN(Cc2ccc(-c3ccc(OCCOCCOCCOCCOCCOCCNc4cccc5c4C(=O)N(C4CCC(=O)NC4=O)C5=O)cc3)cc2)C(=O)C1Oc1ccc(C#N)c(C(F)(F)F)c1. The Bertz CT molecular complexity index is 2600. The van der Waals surface area contributed by atoms with Gasteiger partial charge in [0.2, 0.25) is 11.8 Å². The highest BCUT2D eigenvalue weighted by Gasteiger charge is 2.49. The zero-order valence-electron chi connectivity index (χ0n) is 39.9. The van der Waals surface area contributed by atoms with Gasteiger partial charge < -0.3 is 43.4 Å². The second-order valence-electron chi connectivity index (χ2n) is 17.7. The number of hydrogen-bond donors (Lipinski definition) is 2. The molecule has 3 aliphatic heterocycles. The smallest absolute Gasteiger partial charge is 0.417 e. The van der Waals surface area contributed by atoms with Gasteiger partial charge in [0.1, 0.15) is 24.1 Å². The highest BCUT2D eigenvalue weighted by atomic mass is 19.4. The van der Waals surface area contributed by atoms with E-state index in [0.29, 0.717) is 104 Å². The van der Waals surface area contributed by atoms with Crippen molar-refractivity contribution >= 4 is 35.2 Å². The lowest BCUT2D eigenvalue weighted by Crippen LogP contribution is -2.54. The van der Waals surface area contributed by atoms with Gasteiger partial charge in [-0.05, 0) is 65.6 Å². The van der Waals surface area contributed by atoms with Gasteiger partial charge in [-0.3, -0.25) is 34.2 Å². The van der Waals surface area contributed by atoms with E-state index in [1.165, 1.54) is 6.07 Å². The Morgan fingerprint density at radius 1 is 0.736 bits per heavy atom. The number of carbonyl (C=O) groups is 5. The minimum Gasteiger partial charge on any atom is -0.491 e. The average Bonchev–Trinajstić information content (AvgIpc) is 3.74. The van der Waals surface area contributed by atoms with Gasteiger partial charge in [0, 0.05) is 37.2 Å². The van der Waals surface area contributed by atoms with Gasteiger partial charge in [0.15, 0.2) is 6.10 Å². The second kappa shape index (κ2) is 24.5. The molecule has 2 N–H and O–H groups in total. The zero-order valence-corrected chi connectivity index (χ0v) is 39.9. The van der Waals surface area contributed by atoms with E-state index in [1.54, 1.807) is 29.2 Å². The maximum atomic E-state index is 13.5. The molecule has 7 rings (SSSR count). The molecule has 0 aliphatic carbocycles. The first-order valence-corrected chi connectivity index (χ1v) is 23.5. The van der Waals surface area contributed by atoms with Crippen LogP contribution in [0.25, 0.3) is 11.1 Å². The van der Waals surface area contributed by atoms with E-state index in [1.807, 2.05) is 62.4 Å². The maximum absolute atomic E-state index is 13.5. The lowest BCUT2D eigenvalue weighted by Gasteiger charge is -2.27. The summed E-state index contributed by atoms with van der Waals surface area (Å²) in [5, 5.41) is 14.4. The molecule has 2 atom stereocenters. The molecule has 0 bridgehead atoms. The molecule has 0 radical (unpaired) electrons. The third kappa shape index (κ3) is 13.5. The van der Waals surface area contributed by atoms with E-state index in [9.17, 15) is 37.1 Å². The maximum Gasteiger partial charge on any atom is 0.417 e. The summed E-state index contributed by atoms with van der Waals surface area (Å²) in [6.07, 6.45) is -5.61. The van der Waals surface area contributed by atoms with Crippen LogP contribution in [0.5, 0.6) is 11.5 Å². The quantitative estimate of drug-likeness (QED) is 0.0545. The predicted octanol–water partition coefficient (Wildman–Crippen LogP) is 6.04. The summed E-state index contributed by atoms with van der Waals surface area (Å²) in [4.78, 5) is 66.1. The summed E-state index contributed by atoms with van der Waals surface area (Å²) in [5.74, 6) is -2.00. The third-order valence-electron chi connectivity index (χ3n) is 12.0. The summed E-state index contributed by atoms with van der Waals surface area (Å²) in [7, 11) is 0. The molecule has 0 saturated carbocycles. The molecule has 3 aliphatic rings. The standard InChI is InChI=1S/C52H56F3N5O12/c1-51(2)33-59(50(65)46(51)72-39-15-12-37(31-56)41(30-39)52(53,54)55)32-34-6-8-35(9-7-34)36-10-13-38(14-11-36)71-29-28-70-27-26-69-25-24-68-23-22-67-21-20-66-19-18-57-42-5-3-4-40-45(42)49(64)60(48(40)63)43-16-17-44(61)58-47(43)62/h3-15,30,43,46,57H,16-29,32-33H2,1-2H3,(H,58,61,62). The van der Waals surface area contributed by atoms with E-state index in [2.05, 4.69) is 10.6 Å². The van der Waals surface area contributed by atoms with Crippen LogP contribution in [-0.2, 0) is 50.8 Å². The molecule has 72 heavy (non-hydrogen) atoms. The topological polar surface area (TPSA) is 204 Å². The van der Waals surface area contributed by atoms with Crippen LogP contribution in [0.3, 0.4) is 0 Å². The molecule has 20 heteroatoms. The average molecular weight is 1000 g/mol. The minimum atomic E-state index is -4.74. The molecule has 4 aromatic carbocycles. The predicted molar refractivity (Wildman–Crippen MR) is 253 cm³/mol. The van der Waals surface area contributed by atoms with Gasteiger partial charge in [-0.1, -0.05) is 56.3 Å². The van der Waals surface area contributed by atoms with Gasteiger partial charge in [0.05, 0.1) is 94.4 Å². The number of anilines is 1. The Morgan fingerprint density at radius 2 is 1.32 bits per heavy atom. The highest BCUT2D eigenvalue weighted by molar-refractivity contribution is 6.25. The van der Waals surface area contributed by atoms with E-state index >= 15 is 0 Å². The number of amides is 5. The van der Waals surface area contributed by atoms with E-state index in [-0.39, 0.29) is 35.6 Å². The van der Waals surface area contributed by atoms with E-state index < -0.39 is 58.5 Å². The number of rotatable bonds is 26. The molecule has 5 amide bonds. The van der Waals surface area contributed by atoms with Gasteiger partial charge in [-0.2, -0.15) is 18.4 Å². The number of likely N-dealkylation sites (tertiary alicyclic amines) is 1.